The molecular weight excluding hydrogens is 350 g/mol. The van der Waals surface area contributed by atoms with Crippen molar-refractivity contribution < 1.29 is 13.2 Å². The zero-order valence-electron chi connectivity index (χ0n) is 15.5. The topological polar surface area (TPSA) is 69.7 Å². The van der Waals surface area contributed by atoms with Crippen molar-refractivity contribution in [2.24, 2.45) is 5.92 Å². The normalized spacial score (nSPS) is 22.2. The van der Waals surface area contributed by atoms with E-state index in [1.54, 1.807) is 28.6 Å². The minimum Gasteiger partial charge on any atom is -0.376 e. The van der Waals surface area contributed by atoms with E-state index in [0.29, 0.717) is 29.6 Å². The van der Waals surface area contributed by atoms with Crippen molar-refractivity contribution >= 4 is 21.6 Å². The Morgan fingerprint density at radius 2 is 1.92 bits per heavy atom. The van der Waals surface area contributed by atoms with E-state index in [1.807, 2.05) is 4.90 Å². The molecule has 2 fully saturated rings. The highest BCUT2D eigenvalue weighted by Gasteiger charge is 2.26. The Morgan fingerprint density at radius 1 is 1.15 bits per heavy atom. The molecule has 26 heavy (non-hydrogen) atoms. The van der Waals surface area contributed by atoms with Gasteiger partial charge in [0.2, 0.25) is 15.9 Å². The van der Waals surface area contributed by atoms with Crippen LogP contribution in [0.4, 0.5) is 5.69 Å². The number of carbonyl (C=O) groups is 1. The van der Waals surface area contributed by atoms with Crippen molar-refractivity contribution in [1.29, 1.82) is 0 Å². The molecule has 0 spiro atoms. The first-order valence-electron chi connectivity index (χ1n) is 9.58. The fourth-order valence-corrected chi connectivity index (χ4v) is 5.29. The van der Waals surface area contributed by atoms with Gasteiger partial charge in [-0.15, -0.1) is 0 Å². The Balaban J connectivity index is 1.63. The molecule has 0 saturated carbocycles. The summed E-state index contributed by atoms with van der Waals surface area (Å²) in [6, 6.07) is 6.80. The molecule has 0 aromatic heterocycles. The molecule has 1 aromatic rings. The fraction of sp³-hybridized carbons (Fsp3) is 0.632. The highest BCUT2D eigenvalue weighted by Crippen LogP contribution is 2.23. The number of likely N-dealkylation sites (tertiary alicyclic amines) is 1. The van der Waals surface area contributed by atoms with E-state index in [4.69, 9.17) is 0 Å². The quantitative estimate of drug-likeness (QED) is 0.853. The Kier molecular flexibility index (Phi) is 6.19. The van der Waals surface area contributed by atoms with E-state index in [0.717, 1.165) is 38.8 Å². The standard InChI is InChI=1S/C19H29N3O3S/c1-16-7-6-10-21(15-16)19(23)14-20-17-8-5-9-18(13-17)26(24,25)22-11-3-2-4-12-22/h5,8-9,13,16,20H,2-4,6-7,10-12,14-15H2,1H3. The number of rotatable bonds is 5. The average Bonchev–Trinajstić information content (AvgIpc) is 2.67. The Bertz CT molecular complexity index is 729. The van der Waals surface area contributed by atoms with Crippen LogP contribution < -0.4 is 5.32 Å². The number of amides is 1. The Morgan fingerprint density at radius 3 is 2.65 bits per heavy atom. The number of anilines is 1. The highest BCUT2D eigenvalue weighted by molar-refractivity contribution is 7.89. The monoisotopic (exact) mass is 379 g/mol. The Labute approximate surface area is 156 Å². The van der Waals surface area contributed by atoms with Crippen LogP contribution in [0.25, 0.3) is 0 Å². The zero-order valence-corrected chi connectivity index (χ0v) is 16.3. The first-order chi connectivity index (χ1) is 12.5. The summed E-state index contributed by atoms with van der Waals surface area (Å²) in [7, 11) is -3.45. The van der Waals surface area contributed by atoms with Gasteiger partial charge in [0.15, 0.2) is 0 Å². The molecule has 3 rings (SSSR count). The summed E-state index contributed by atoms with van der Waals surface area (Å²) in [4.78, 5) is 14.6. The van der Waals surface area contributed by atoms with Crippen LogP contribution in [0.1, 0.15) is 39.0 Å². The van der Waals surface area contributed by atoms with Gasteiger partial charge in [-0.05, 0) is 49.8 Å². The van der Waals surface area contributed by atoms with Crippen LogP contribution in [0.5, 0.6) is 0 Å². The predicted octanol–water partition coefficient (Wildman–Crippen LogP) is 2.53. The van der Waals surface area contributed by atoms with Gasteiger partial charge in [-0.3, -0.25) is 4.79 Å². The number of nitrogens with one attached hydrogen (secondary N) is 1. The van der Waals surface area contributed by atoms with Crippen LogP contribution in [0.2, 0.25) is 0 Å². The molecule has 2 aliphatic rings. The Hall–Kier alpha value is -1.60. The first-order valence-corrected chi connectivity index (χ1v) is 11.0. The third-order valence-corrected chi connectivity index (χ3v) is 7.13. The largest absolute Gasteiger partial charge is 0.376 e. The number of hydrogen-bond donors (Lipinski definition) is 1. The zero-order chi connectivity index (χ0) is 18.6. The lowest BCUT2D eigenvalue weighted by Gasteiger charge is -2.31. The lowest BCUT2D eigenvalue weighted by molar-refractivity contribution is -0.130. The van der Waals surface area contributed by atoms with Gasteiger partial charge in [-0.25, -0.2) is 8.42 Å². The molecule has 2 saturated heterocycles. The number of piperidine rings is 2. The minimum absolute atomic E-state index is 0.0702. The summed E-state index contributed by atoms with van der Waals surface area (Å²) in [5.74, 6) is 0.617. The number of benzene rings is 1. The van der Waals surface area contributed by atoms with E-state index in [2.05, 4.69) is 12.2 Å². The van der Waals surface area contributed by atoms with Gasteiger partial charge < -0.3 is 10.2 Å². The van der Waals surface area contributed by atoms with Gasteiger partial charge in [-0.2, -0.15) is 4.31 Å². The summed E-state index contributed by atoms with van der Waals surface area (Å²) >= 11 is 0. The molecule has 0 aliphatic carbocycles. The predicted molar refractivity (Wildman–Crippen MR) is 103 cm³/mol. The van der Waals surface area contributed by atoms with Gasteiger partial charge >= 0.3 is 0 Å². The summed E-state index contributed by atoms with van der Waals surface area (Å²) in [6.45, 7) is 5.16. The van der Waals surface area contributed by atoms with Crippen LogP contribution >= 0.6 is 0 Å². The molecule has 1 amide bonds. The molecule has 2 heterocycles. The molecule has 0 radical (unpaired) electrons. The first kappa shape index (κ1) is 19.2. The maximum Gasteiger partial charge on any atom is 0.243 e. The van der Waals surface area contributed by atoms with Gasteiger partial charge in [0.1, 0.15) is 0 Å². The van der Waals surface area contributed by atoms with Crippen molar-refractivity contribution in [3.63, 3.8) is 0 Å². The molecule has 6 nitrogen and oxygen atoms in total. The lowest BCUT2D eigenvalue weighted by Crippen LogP contribution is -2.41. The second-order valence-electron chi connectivity index (χ2n) is 7.43. The van der Waals surface area contributed by atoms with Crippen LogP contribution in [0.15, 0.2) is 29.2 Å². The third kappa shape index (κ3) is 4.57. The van der Waals surface area contributed by atoms with Crippen LogP contribution in [-0.2, 0) is 14.8 Å². The van der Waals surface area contributed by atoms with Gasteiger partial charge in [-0.1, -0.05) is 19.4 Å². The second kappa shape index (κ2) is 8.39. The van der Waals surface area contributed by atoms with Crippen molar-refractivity contribution in [1.82, 2.24) is 9.21 Å². The van der Waals surface area contributed by atoms with Crippen molar-refractivity contribution in [3.8, 4) is 0 Å². The maximum absolute atomic E-state index is 12.8. The van der Waals surface area contributed by atoms with Crippen molar-refractivity contribution in [3.05, 3.63) is 24.3 Å². The molecule has 2 aliphatic heterocycles. The SMILES string of the molecule is CC1CCCN(C(=O)CNc2cccc(S(=O)(=O)N3CCCCC3)c2)C1. The smallest absolute Gasteiger partial charge is 0.243 e. The lowest BCUT2D eigenvalue weighted by atomic mass is 10.0. The third-order valence-electron chi connectivity index (χ3n) is 5.24. The van der Waals surface area contributed by atoms with Crippen molar-refractivity contribution in [2.45, 2.75) is 43.9 Å². The number of sulfonamides is 1. The molecule has 1 aromatic carbocycles. The molecule has 1 unspecified atom stereocenters. The second-order valence-corrected chi connectivity index (χ2v) is 9.37. The summed E-state index contributed by atoms with van der Waals surface area (Å²) in [5.41, 5.74) is 0.668. The molecule has 0 bridgehead atoms. The summed E-state index contributed by atoms with van der Waals surface area (Å²) < 4.78 is 27.1. The molecule has 7 heteroatoms. The van der Waals surface area contributed by atoms with Gasteiger partial charge in [0, 0.05) is 31.9 Å². The van der Waals surface area contributed by atoms with E-state index < -0.39 is 10.0 Å². The van der Waals surface area contributed by atoms with Gasteiger partial charge in [0.25, 0.3) is 0 Å². The summed E-state index contributed by atoms with van der Waals surface area (Å²) in [5, 5.41) is 3.10. The molecular formula is C19H29N3O3S. The molecule has 144 valence electrons. The van der Waals surface area contributed by atoms with E-state index in [9.17, 15) is 13.2 Å². The molecule has 1 N–H and O–H groups in total. The van der Waals surface area contributed by atoms with Gasteiger partial charge in [0.05, 0.1) is 11.4 Å². The summed E-state index contributed by atoms with van der Waals surface area (Å²) in [6.07, 6.45) is 5.15. The van der Waals surface area contributed by atoms with Crippen molar-refractivity contribution in [2.75, 3.05) is 38.0 Å². The fourth-order valence-electron chi connectivity index (χ4n) is 3.73. The van der Waals surface area contributed by atoms with Crippen LogP contribution in [-0.4, -0.2) is 56.3 Å². The number of hydrogen-bond acceptors (Lipinski definition) is 4. The van der Waals surface area contributed by atoms with E-state index in [1.165, 1.54) is 6.42 Å². The van der Waals surface area contributed by atoms with E-state index in [-0.39, 0.29) is 12.5 Å². The number of carbonyl (C=O) groups excluding carboxylic acids is 1. The minimum atomic E-state index is -3.45. The van der Waals surface area contributed by atoms with Crippen LogP contribution in [0, 0.1) is 5.92 Å². The maximum atomic E-state index is 12.8. The average molecular weight is 380 g/mol. The number of nitrogens with zero attached hydrogens (tertiary/aromatic N) is 2. The van der Waals surface area contributed by atoms with E-state index >= 15 is 0 Å². The van der Waals surface area contributed by atoms with Crippen LogP contribution in [0.3, 0.4) is 0 Å². The highest BCUT2D eigenvalue weighted by atomic mass is 32.2. The molecule has 1 atom stereocenters.